The minimum Gasteiger partial charge on any atom is -0.497 e. The molecule has 0 saturated carbocycles. The van der Waals surface area contributed by atoms with Crippen molar-refractivity contribution in [3.05, 3.63) is 53.3 Å². The molecule has 0 aliphatic carbocycles. The molecule has 1 N–H and O–H groups in total. The topological polar surface area (TPSA) is 54.5 Å². The Balaban J connectivity index is 1.70. The van der Waals surface area contributed by atoms with Gasteiger partial charge in [-0.15, -0.1) is 0 Å². The lowest BCUT2D eigenvalue weighted by atomic mass is 10.0. The van der Waals surface area contributed by atoms with Crippen LogP contribution < -0.4 is 10.1 Å². The number of carbonyl (C=O) groups is 1. The zero-order valence-corrected chi connectivity index (χ0v) is 15.1. The zero-order valence-electron chi connectivity index (χ0n) is 15.1. The molecule has 0 spiro atoms. The lowest BCUT2D eigenvalue weighted by Gasteiger charge is -2.25. The van der Waals surface area contributed by atoms with Crippen LogP contribution in [0.1, 0.15) is 29.7 Å². The largest absolute Gasteiger partial charge is 0.497 e. The molecular formula is C20H25N3O2. The number of anilines is 1. The summed E-state index contributed by atoms with van der Waals surface area (Å²) in [6, 6.07) is 10.2. The number of nitrogens with zero attached hydrogens (tertiary/aromatic N) is 2. The quantitative estimate of drug-likeness (QED) is 0.918. The smallest absolute Gasteiger partial charge is 0.322 e. The summed E-state index contributed by atoms with van der Waals surface area (Å²) < 4.78 is 5.30. The van der Waals surface area contributed by atoms with Gasteiger partial charge in [0.05, 0.1) is 7.11 Å². The first kappa shape index (κ1) is 17.3. The molecule has 1 aliphatic rings. The first-order chi connectivity index (χ1) is 12.1. The van der Waals surface area contributed by atoms with Crippen LogP contribution in [0.2, 0.25) is 0 Å². The number of methoxy groups -OCH3 is 1. The van der Waals surface area contributed by atoms with Crippen LogP contribution in [0.3, 0.4) is 0 Å². The summed E-state index contributed by atoms with van der Waals surface area (Å²) in [6.45, 7) is 4.68. The van der Waals surface area contributed by atoms with Gasteiger partial charge in [0.1, 0.15) is 5.75 Å². The van der Waals surface area contributed by atoms with Crippen LogP contribution in [0.4, 0.5) is 10.5 Å². The molecule has 2 heterocycles. The molecule has 5 nitrogen and oxygen atoms in total. The van der Waals surface area contributed by atoms with Crippen LogP contribution in [0.15, 0.2) is 36.5 Å². The number of amides is 2. The highest BCUT2D eigenvalue weighted by atomic mass is 16.5. The Morgan fingerprint density at radius 1 is 1.36 bits per heavy atom. The molecule has 0 bridgehead atoms. The van der Waals surface area contributed by atoms with Gasteiger partial charge in [-0.1, -0.05) is 12.1 Å². The second-order valence-corrected chi connectivity index (χ2v) is 6.62. The zero-order chi connectivity index (χ0) is 17.8. The summed E-state index contributed by atoms with van der Waals surface area (Å²) in [4.78, 5) is 19.0. The van der Waals surface area contributed by atoms with Gasteiger partial charge in [0.25, 0.3) is 0 Å². The maximum atomic E-state index is 12.8. The minimum atomic E-state index is -0.0286. The average Bonchev–Trinajstić information content (AvgIpc) is 3.06. The second kappa shape index (κ2) is 7.55. The van der Waals surface area contributed by atoms with Crippen LogP contribution >= 0.6 is 0 Å². The highest BCUT2D eigenvalue weighted by Gasteiger charge is 2.29. The van der Waals surface area contributed by atoms with Crippen molar-refractivity contribution in [3.63, 3.8) is 0 Å². The van der Waals surface area contributed by atoms with Crippen molar-refractivity contribution in [3.8, 4) is 5.75 Å². The fourth-order valence-electron chi connectivity index (χ4n) is 3.34. The lowest BCUT2D eigenvalue weighted by Crippen LogP contribution is -2.39. The molecule has 2 aromatic rings. The Labute approximate surface area is 149 Å². The van der Waals surface area contributed by atoms with Gasteiger partial charge in [0.2, 0.25) is 0 Å². The molecule has 1 unspecified atom stereocenters. The molecule has 1 atom stereocenters. The molecular weight excluding hydrogens is 314 g/mol. The fourth-order valence-corrected chi connectivity index (χ4v) is 3.34. The number of ether oxygens (including phenoxy) is 1. The van der Waals surface area contributed by atoms with Gasteiger partial charge >= 0.3 is 6.03 Å². The number of hydrogen-bond donors (Lipinski definition) is 1. The van der Waals surface area contributed by atoms with Crippen LogP contribution in [-0.2, 0) is 6.42 Å². The number of pyridine rings is 1. The fraction of sp³-hybridized carbons (Fsp3) is 0.400. The first-order valence-electron chi connectivity index (χ1n) is 8.70. The van der Waals surface area contributed by atoms with Crippen molar-refractivity contribution < 1.29 is 9.53 Å². The molecule has 1 aromatic carbocycles. The van der Waals surface area contributed by atoms with Crippen LogP contribution in [0.5, 0.6) is 5.75 Å². The van der Waals surface area contributed by atoms with Gasteiger partial charge in [-0.3, -0.25) is 4.98 Å². The van der Waals surface area contributed by atoms with E-state index in [1.165, 1.54) is 5.56 Å². The van der Waals surface area contributed by atoms with Gasteiger partial charge in [-0.05, 0) is 62.4 Å². The Morgan fingerprint density at radius 2 is 2.20 bits per heavy atom. The number of benzene rings is 1. The molecule has 3 rings (SSSR count). The maximum Gasteiger partial charge on any atom is 0.322 e. The highest BCUT2D eigenvalue weighted by molar-refractivity contribution is 5.90. The van der Waals surface area contributed by atoms with E-state index in [0.717, 1.165) is 48.5 Å². The van der Waals surface area contributed by atoms with Crippen molar-refractivity contribution in [2.24, 2.45) is 0 Å². The maximum absolute atomic E-state index is 12.8. The number of aromatic nitrogens is 1. The Kier molecular flexibility index (Phi) is 5.22. The van der Waals surface area contributed by atoms with Crippen LogP contribution in [0, 0.1) is 13.8 Å². The number of nitrogens with one attached hydrogen (secondary N) is 1. The van der Waals surface area contributed by atoms with Crippen molar-refractivity contribution in [1.29, 1.82) is 0 Å². The summed E-state index contributed by atoms with van der Waals surface area (Å²) in [7, 11) is 1.67. The van der Waals surface area contributed by atoms with Gasteiger partial charge in [-0.25, -0.2) is 4.79 Å². The van der Waals surface area contributed by atoms with Crippen molar-refractivity contribution in [2.75, 3.05) is 19.0 Å². The van der Waals surface area contributed by atoms with E-state index >= 15 is 0 Å². The minimum absolute atomic E-state index is 0.0286. The van der Waals surface area contributed by atoms with E-state index in [1.807, 2.05) is 43.0 Å². The van der Waals surface area contributed by atoms with E-state index in [2.05, 4.69) is 16.4 Å². The Bertz CT molecular complexity index is 760. The van der Waals surface area contributed by atoms with E-state index in [4.69, 9.17) is 4.74 Å². The molecule has 1 fully saturated rings. The lowest BCUT2D eigenvalue weighted by molar-refractivity contribution is 0.206. The molecule has 1 saturated heterocycles. The van der Waals surface area contributed by atoms with Gasteiger partial charge < -0.3 is 15.0 Å². The molecule has 5 heteroatoms. The highest BCUT2D eigenvalue weighted by Crippen LogP contribution is 2.24. The second-order valence-electron chi connectivity index (χ2n) is 6.62. The normalized spacial score (nSPS) is 16.8. The Hall–Kier alpha value is -2.56. The number of likely N-dealkylation sites (tertiary alicyclic amines) is 1. The monoisotopic (exact) mass is 339 g/mol. The van der Waals surface area contributed by atoms with Gasteiger partial charge in [0.15, 0.2) is 0 Å². The third-order valence-corrected chi connectivity index (χ3v) is 4.72. The van der Waals surface area contributed by atoms with Crippen molar-refractivity contribution in [1.82, 2.24) is 9.88 Å². The molecule has 132 valence electrons. The van der Waals surface area contributed by atoms with Gasteiger partial charge in [0, 0.05) is 30.2 Å². The summed E-state index contributed by atoms with van der Waals surface area (Å²) >= 11 is 0. The predicted octanol–water partition coefficient (Wildman–Crippen LogP) is 3.95. The summed E-state index contributed by atoms with van der Waals surface area (Å²) in [5.74, 6) is 0.856. The Morgan fingerprint density at radius 3 is 3.00 bits per heavy atom. The van der Waals surface area contributed by atoms with Crippen molar-refractivity contribution >= 4 is 11.7 Å². The number of hydrogen-bond acceptors (Lipinski definition) is 3. The van der Waals surface area contributed by atoms with E-state index in [-0.39, 0.29) is 12.1 Å². The van der Waals surface area contributed by atoms with E-state index < -0.39 is 0 Å². The molecule has 0 radical (unpaired) electrons. The summed E-state index contributed by atoms with van der Waals surface area (Å²) in [5, 5.41) is 3.05. The molecule has 25 heavy (non-hydrogen) atoms. The summed E-state index contributed by atoms with van der Waals surface area (Å²) in [6.07, 6.45) is 4.71. The molecule has 2 amide bonds. The van der Waals surface area contributed by atoms with E-state index in [9.17, 15) is 4.79 Å². The molecule has 1 aliphatic heterocycles. The number of carbonyl (C=O) groups excluding carboxylic acids is 1. The van der Waals surface area contributed by atoms with E-state index in [0.29, 0.717) is 0 Å². The van der Waals surface area contributed by atoms with Gasteiger partial charge in [-0.2, -0.15) is 0 Å². The SMILES string of the molecule is COc1cccc(CC2CCCN2C(=O)Nc2cc(C)ncc2C)c1. The number of aryl methyl sites for hydroxylation is 2. The standard InChI is InChI=1S/C20H25N3O2/c1-14-13-21-15(2)10-19(14)22-20(24)23-9-5-7-17(23)11-16-6-4-8-18(12-16)25-3/h4,6,8,10,12-13,17H,5,7,9,11H2,1-3H3,(H,21,22,24). The van der Waals surface area contributed by atoms with Crippen LogP contribution in [0.25, 0.3) is 0 Å². The van der Waals surface area contributed by atoms with E-state index in [1.54, 1.807) is 13.3 Å². The summed E-state index contributed by atoms with van der Waals surface area (Å²) in [5.41, 5.74) is 3.90. The van der Waals surface area contributed by atoms with Crippen LogP contribution in [-0.4, -0.2) is 35.6 Å². The third-order valence-electron chi connectivity index (χ3n) is 4.72. The third kappa shape index (κ3) is 4.10. The predicted molar refractivity (Wildman–Crippen MR) is 99.2 cm³/mol. The number of urea groups is 1. The van der Waals surface area contributed by atoms with Crippen molar-refractivity contribution in [2.45, 2.75) is 39.2 Å². The number of rotatable bonds is 4. The molecule has 1 aromatic heterocycles. The first-order valence-corrected chi connectivity index (χ1v) is 8.70. The average molecular weight is 339 g/mol.